The molecular formula is C12H12N4O. The molecule has 5 nitrogen and oxygen atoms in total. The summed E-state index contributed by atoms with van der Waals surface area (Å²) in [4.78, 5) is 0. The van der Waals surface area contributed by atoms with Gasteiger partial charge >= 0.3 is 0 Å². The third-order valence-electron chi connectivity index (χ3n) is 2.32. The lowest BCUT2D eigenvalue weighted by Gasteiger charge is -2.05. The number of benzene rings is 1. The van der Waals surface area contributed by atoms with Crippen LogP contribution in [0, 0.1) is 18.3 Å². The SMILES string of the molecule is Cc1cc(CNc2ccc(C#N)c(N)c2)on1. The predicted octanol–water partition coefficient (Wildman–Crippen LogP) is 2.05. The van der Waals surface area contributed by atoms with E-state index in [-0.39, 0.29) is 0 Å². The molecule has 0 aliphatic heterocycles. The number of hydrogen-bond donors (Lipinski definition) is 2. The topological polar surface area (TPSA) is 87.9 Å². The Morgan fingerprint density at radius 3 is 2.88 bits per heavy atom. The van der Waals surface area contributed by atoms with Crippen LogP contribution in [0.25, 0.3) is 0 Å². The zero-order chi connectivity index (χ0) is 12.3. The van der Waals surface area contributed by atoms with Crippen molar-refractivity contribution in [1.82, 2.24) is 5.16 Å². The van der Waals surface area contributed by atoms with Gasteiger partial charge in [0.25, 0.3) is 0 Å². The Hall–Kier alpha value is -2.48. The fraction of sp³-hybridized carbons (Fsp3) is 0.167. The number of aryl methyl sites for hydroxylation is 1. The summed E-state index contributed by atoms with van der Waals surface area (Å²) >= 11 is 0. The van der Waals surface area contributed by atoms with Crippen molar-refractivity contribution in [2.75, 3.05) is 11.1 Å². The van der Waals surface area contributed by atoms with Crippen LogP contribution in [0.3, 0.4) is 0 Å². The first-order valence-electron chi connectivity index (χ1n) is 5.15. The summed E-state index contributed by atoms with van der Waals surface area (Å²) in [5.41, 5.74) is 8.34. The number of nitrogens with two attached hydrogens (primary N) is 1. The Labute approximate surface area is 98.8 Å². The van der Waals surface area contributed by atoms with Crippen molar-refractivity contribution < 1.29 is 4.52 Å². The van der Waals surface area contributed by atoms with E-state index in [1.54, 1.807) is 18.2 Å². The molecule has 86 valence electrons. The van der Waals surface area contributed by atoms with E-state index in [1.807, 2.05) is 19.1 Å². The van der Waals surface area contributed by atoms with Gasteiger partial charge in [0.15, 0.2) is 5.76 Å². The molecule has 3 N–H and O–H groups in total. The van der Waals surface area contributed by atoms with Crippen LogP contribution in [0.2, 0.25) is 0 Å². The molecule has 0 atom stereocenters. The molecule has 17 heavy (non-hydrogen) atoms. The average molecular weight is 228 g/mol. The van der Waals surface area contributed by atoms with Crippen LogP contribution in [-0.4, -0.2) is 5.16 Å². The van der Waals surface area contributed by atoms with E-state index in [2.05, 4.69) is 10.5 Å². The van der Waals surface area contributed by atoms with Crippen molar-refractivity contribution in [3.05, 3.63) is 41.3 Å². The van der Waals surface area contributed by atoms with Gasteiger partial charge in [0.05, 0.1) is 23.5 Å². The van der Waals surface area contributed by atoms with E-state index in [0.29, 0.717) is 17.8 Å². The second-order valence-corrected chi connectivity index (χ2v) is 3.70. The van der Waals surface area contributed by atoms with Crippen molar-refractivity contribution >= 4 is 11.4 Å². The number of rotatable bonds is 3. The van der Waals surface area contributed by atoms with E-state index < -0.39 is 0 Å². The molecule has 0 fully saturated rings. The van der Waals surface area contributed by atoms with Crippen LogP contribution in [0.15, 0.2) is 28.8 Å². The van der Waals surface area contributed by atoms with Crippen LogP contribution < -0.4 is 11.1 Å². The Balaban J connectivity index is 2.05. The van der Waals surface area contributed by atoms with E-state index in [1.165, 1.54) is 0 Å². The number of anilines is 2. The Kier molecular flexibility index (Phi) is 2.97. The summed E-state index contributed by atoms with van der Waals surface area (Å²) in [5, 5.41) is 15.7. The molecular weight excluding hydrogens is 216 g/mol. The summed E-state index contributed by atoms with van der Waals surface area (Å²) in [7, 11) is 0. The lowest BCUT2D eigenvalue weighted by atomic mass is 10.2. The minimum absolute atomic E-state index is 0.464. The smallest absolute Gasteiger partial charge is 0.156 e. The van der Waals surface area contributed by atoms with Crippen molar-refractivity contribution in [2.45, 2.75) is 13.5 Å². The number of hydrogen-bond acceptors (Lipinski definition) is 5. The summed E-state index contributed by atoms with van der Waals surface area (Å²) in [6.07, 6.45) is 0. The van der Waals surface area contributed by atoms with Gasteiger partial charge in [-0.15, -0.1) is 0 Å². The molecule has 1 aromatic heterocycles. The third-order valence-corrected chi connectivity index (χ3v) is 2.32. The number of nitrogens with zero attached hydrogens (tertiary/aromatic N) is 2. The second-order valence-electron chi connectivity index (χ2n) is 3.70. The highest BCUT2D eigenvalue weighted by atomic mass is 16.5. The fourth-order valence-corrected chi connectivity index (χ4v) is 1.46. The molecule has 0 saturated heterocycles. The molecule has 0 spiro atoms. The van der Waals surface area contributed by atoms with Gasteiger partial charge in [0, 0.05) is 11.8 Å². The summed E-state index contributed by atoms with van der Waals surface area (Å²) in [6.45, 7) is 2.40. The standard InChI is InChI=1S/C12H12N4O/c1-8-4-11(17-16-8)7-15-10-3-2-9(6-13)12(14)5-10/h2-5,15H,7,14H2,1H3. The Morgan fingerprint density at radius 2 is 2.29 bits per heavy atom. The van der Waals surface area contributed by atoms with Gasteiger partial charge in [-0.25, -0.2) is 0 Å². The average Bonchev–Trinajstić information content (AvgIpc) is 2.73. The fourth-order valence-electron chi connectivity index (χ4n) is 1.46. The maximum atomic E-state index is 8.75. The third kappa shape index (κ3) is 2.55. The van der Waals surface area contributed by atoms with Crippen molar-refractivity contribution in [3.63, 3.8) is 0 Å². The number of nitrogens with one attached hydrogen (secondary N) is 1. The van der Waals surface area contributed by atoms with Crippen LogP contribution in [0.5, 0.6) is 0 Å². The first kappa shape index (κ1) is 11.0. The summed E-state index contributed by atoms with van der Waals surface area (Å²) in [5.74, 6) is 0.755. The predicted molar refractivity (Wildman–Crippen MR) is 64.1 cm³/mol. The van der Waals surface area contributed by atoms with Gasteiger partial charge in [-0.1, -0.05) is 5.16 Å². The lowest BCUT2D eigenvalue weighted by Crippen LogP contribution is -1.99. The quantitative estimate of drug-likeness (QED) is 0.785. The van der Waals surface area contributed by atoms with Gasteiger partial charge in [-0.3, -0.25) is 0 Å². The maximum absolute atomic E-state index is 8.75. The minimum Gasteiger partial charge on any atom is -0.398 e. The molecule has 1 aromatic carbocycles. The van der Waals surface area contributed by atoms with E-state index >= 15 is 0 Å². The summed E-state index contributed by atoms with van der Waals surface area (Å²) < 4.78 is 5.07. The zero-order valence-corrected chi connectivity index (χ0v) is 9.40. The van der Waals surface area contributed by atoms with Crippen molar-refractivity contribution in [3.8, 4) is 6.07 Å². The molecule has 0 radical (unpaired) electrons. The van der Waals surface area contributed by atoms with Crippen molar-refractivity contribution in [2.24, 2.45) is 0 Å². The highest BCUT2D eigenvalue weighted by Gasteiger charge is 2.02. The maximum Gasteiger partial charge on any atom is 0.156 e. The zero-order valence-electron chi connectivity index (χ0n) is 9.40. The molecule has 0 unspecified atom stereocenters. The van der Waals surface area contributed by atoms with Gasteiger partial charge in [0.1, 0.15) is 6.07 Å². The van der Waals surface area contributed by atoms with Crippen molar-refractivity contribution in [1.29, 1.82) is 5.26 Å². The van der Waals surface area contributed by atoms with Gasteiger partial charge < -0.3 is 15.6 Å². The van der Waals surface area contributed by atoms with Gasteiger partial charge in [-0.05, 0) is 25.1 Å². The van der Waals surface area contributed by atoms with Crippen LogP contribution in [-0.2, 0) is 6.54 Å². The molecule has 0 amide bonds. The number of aromatic nitrogens is 1. The lowest BCUT2D eigenvalue weighted by molar-refractivity contribution is 0.384. The molecule has 0 aliphatic rings. The molecule has 0 aliphatic carbocycles. The normalized spacial score (nSPS) is 9.88. The molecule has 5 heteroatoms. The van der Waals surface area contributed by atoms with E-state index in [9.17, 15) is 0 Å². The van der Waals surface area contributed by atoms with Gasteiger partial charge in [0.2, 0.25) is 0 Å². The second kappa shape index (κ2) is 4.58. The van der Waals surface area contributed by atoms with Gasteiger partial charge in [-0.2, -0.15) is 5.26 Å². The Bertz CT molecular complexity index is 568. The van der Waals surface area contributed by atoms with Crippen LogP contribution >= 0.6 is 0 Å². The van der Waals surface area contributed by atoms with E-state index in [0.717, 1.165) is 17.1 Å². The molecule has 0 saturated carbocycles. The van der Waals surface area contributed by atoms with Crippen LogP contribution in [0.1, 0.15) is 17.0 Å². The van der Waals surface area contributed by atoms with E-state index in [4.69, 9.17) is 15.5 Å². The minimum atomic E-state index is 0.464. The number of nitrogen functional groups attached to an aromatic ring is 1. The molecule has 2 rings (SSSR count). The highest BCUT2D eigenvalue weighted by Crippen LogP contribution is 2.17. The molecule has 1 heterocycles. The van der Waals surface area contributed by atoms with Crippen LogP contribution in [0.4, 0.5) is 11.4 Å². The summed E-state index contributed by atoms with van der Waals surface area (Å²) in [6, 6.07) is 9.09. The first-order valence-corrected chi connectivity index (χ1v) is 5.15. The Morgan fingerprint density at radius 1 is 1.47 bits per heavy atom. The largest absolute Gasteiger partial charge is 0.398 e. The highest BCUT2D eigenvalue weighted by molar-refractivity contribution is 5.62. The first-order chi connectivity index (χ1) is 8.19. The monoisotopic (exact) mass is 228 g/mol. The number of nitriles is 1. The molecule has 0 bridgehead atoms. The molecule has 2 aromatic rings.